The van der Waals surface area contributed by atoms with Gasteiger partial charge in [0.25, 0.3) is 5.91 Å². The minimum atomic E-state index is -0.673. The van der Waals surface area contributed by atoms with Gasteiger partial charge >= 0.3 is 0 Å². The maximum Gasteiger partial charge on any atom is 0.254 e. The number of hydrogen-bond acceptors (Lipinski definition) is 6. The first-order valence-corrected chi connectivity index (χ1v) is 8.42. The van der Waals surface area contributed by atoms with E-state index in [2.05, 4.69) is 25.7 Å². The molecular weight excluding hydrogens is 349 g/mol. The number of benzene rings is 1. The average Bonchev–Trinajstić information content (AvgIpc) is 3.09. The summed E-state index contributed by atoms with van der Waals surface area (Å²) >= 11 is 0. The summed E-state index contributed by atoms with van der Waals surface area (Å²) in [5.74, 6) is -0.510. The van der Waals surface area contributed by atoms with Crippen LogP contribution in [0.2, 0.25) is 0 Å². The maximum absolute atomic E-state index is 14.0. The zero-order valence-corrected chi connectivity index (χ0v) is 15.0. The summed E-state index contributed by atoms with van der Waals surface area (Å²) in [7, 11) is 0. The van der Waals surface area contributed by atoms with Gasteiger partial charge in [-0.2, -0.15) is 10.1 Å². The summed E-state index contributed by atoms with van der Waals surface area (Å²) < 4.78 is 15.8. The number of primary amides is 1. The number of carbonyl (C=O) groups is 1. The molecule has 4 N–H and O–H groups in total. The molecule has 0 bridgehead atoms. The Hall–Kier alpha value is -3.49. The van der Waals surface area contributed by atoms with Gasteiger partial charge in [0.15, 0.2) is 0 Å². The number of nitrogens with two attached hydrogens (primary N) is 1. The van der Waals surface area contributed by atoms with Crippen LogP contribution in [0.5, 0.6) is 0 Å². The monoisotopic (exact) mass is 369 g/mol. The first-order chi connectivity index (χ1) is 13.0. The second kappa shape index (κ2) is 7.81. The molecule has 0 aliphatic carbocycles. The molecule has 0 aliphatic rings. The van der Waals surface area contributed by atoms with Gasteiger partial charge in [-0.3, -0.25) is 9.48 Å². The Morgan fingerprint density at radius 2 is 2.15 bits per heavy atom. The van der Waals surface area contributed by atoms with Crippen molar-refractivity contribution in [1.82, 2.24) is 19.7 Å². The van der Waals surface area contributed by atoms with Crippen molar-refractivity contribution in [1.29, 1.82) is 0 Å². The number of nitrogens with zero attached hydrogens (tertiary/aromatic N) is 4. The molecule has 1 amide bonds. The standard InChI is InChI=1S/C18H20FN7O/c1-3-26-10-12(7-23-26)24-18-22-9-14(16(20)27)17(25-18)21-8-13-11(2)5-4-6-15(13)19/h4-7,9-10H,3,8H2,1-2H3,(H2,20,27)(H2,21,22,24,25). The lowest BCUT2D eigenvalue weighted by atomic mass is 10.1. The summed E-state index contributed by atoms with van der Waals surface area (Å²) in [6, 6.07) is 4.84. The molecule has 27 heavy (non-hydrogen) atoms. The van der Waals surface area contributed by atoms with Crippen LogP contribution in [-0.2, 0) is 13.1 Å². The molecule has 3 rings (SSSR count). The Bertz CT molecular complexity index is 950. The summed E-state index contributed by atoms with van der Waals surface area (Å²) in [5, 5.41) is 10.2. The Morgan fingerprint density at radius 3 is 2.81 bits per heavy atom. The fourth-order valence-corrected chi connectivity index (χ4v) is 2.55. The summed E-state index contributed by atoms with van der Waals surface area (Å²) in [6.45, 7) is 4.68. The lowest BCUT2D eigenvalue weighted by molar-refractivity contribution is 0.100. The van der Waals surface area contributed by atoms with Crippen LogP contribution in [-0.4, -0.2) is 25.7 Å². The highest BCUT2D eigenvalue weighted by Gasteiger charge is 2.14. The van der Waals surface area contributed by atoms with Crippen molar-refractivity contribution in [2.24, 2.45) is 5.73 Å². The highest BCUT2D eigenvalue weighted by Crippen LogP contribution is 2.19. The number of rotatable bonds is 7. The molecule has 0 unspecified atom stereocenters. The molecule has 0 fully saturated rings. The molecule has 140 valence electrons. The van der Waals surface area contributed by atoms with Crippen LogP contribution in [0.1, 0.15) is 28.4 Å². The van der Waals surface area contributed by atoms with Crippen LogP contribution < -0.4 is 16.4 Å². The third-order valence-corrected chi connectivity index (χ3v) is 4.05. The van der Waals surface area contributed by atoms with E-state index in [0.717, 1.165) is 12.1 Å². The van der Waals surface area contributed by atoms with Crippen molar-refractivity contribution in [3.05, 3.63) is 59.3 Å². The predicted molar refractivity (Wildman–Crippen MR) is 100 cm³/mol. The van der Waals surface area contributed by atoms with Crippen LogP contribution in [0.15, 0.2) is 36.8 Å². The quantitative estimate of drug-likeness (QED) is 0.590. The van der Waals surface area contributed by atoms with E-state index in [1.165, 1.54) is 12.3 Å². The van der Waals surface area contributed by atoms with Crippen molar-refractivity contribution in [2.45, 2.75) is 26.9 Å². The van der Waals surface area contributed by atoms with Crippen molar-refractivity contribution in [3.8, 4) is 0 Å². The van der Waals surface area contributed by atoms with E-state index in [1.807, 2.05) is 19.9 Å². The van der Waals surface area contributed by atoms with Gasteiger partial charge in [-0.25, -0.2) is 9.37 Å². The van der Waals surface area contributed by atoms with Gasteiger partial charge in [-0.05, 0) is 25.5 Å². The molecule has 9 heteroatoms. The molecule has 1 aromatic carbocycles. The van der Waals surface area contributed by atoms with E-state index in [0.29, 0.717) is 11.3 Å². The molecule has 0 atom stereocenters. The lowest BCUT2D eigenvalue weighted by Crippen LogP contribution is -2.17. The topological polar surface area (TPSA) is 111 Å². The van der Waals surface area contributed by atoms with E-state index in [4.69, 9.17) is 5.73 Å². The average molecular weight is 369 g/mol. The number of anilines is 3. The second-order valence-corrected chi connectivity index (χ2v) is 5.92. The summed E-state index contributed by atoms with van der Waals surface area (Å²) in [4.78, 5) is 20.1. The zero-order chi connectivity index (χ0) is 19.4. The Morgan fingerprint density at radius 1 is 1.33 bits per heavy atom. The number of aromatic nitrogens is 4. The minimum Gasteiger partial charge on any atom is -0.365 e. The van der Waals surface area contributed by atoms with Crippen molar-refractivity contribution in [3.63, 3.8) is 0 Å². The Kier molecular flexibility index (Phi) is 5.30. The molecular formula is C18H20FN7O. The van der Waals surface area contributed by atoms with Gasteiger partial charge in [-0.15, -0.1) is 0 Å². The van der Waals surface area contributed by atoms with E-state index >= 15 is 0 Å². The number of nitrogens with one attached hydrogen (secondary N) is 2. The molecule has 0 spiro atoms. The predicted octanol–water partition coefficient (Wildman–Crippen LogP) is 2.60. The third kappa shape index (κ3) is 4.20. The molecule has 2 heterocycles. The molecule has 3 aromatic rings. The SMILES string of the molecule is CCn1cc(Nc2ncc(C(N)=O)c(NCc3c(C)cccc3F)n2)cn1. The van der Waals surface area contributed by atoms with E-state index < -0.39 is 5.91 Å². The van der Waals surface area contributed by atoms with Gasteiger partial charge < -0.3 is 16.4 Å². The molecule has 0 aliphatic heterocycles. The Labute approximate surface area is 155 Å². The van der Waals surface area contributed by atoms with Crippen LogP contribution in [0, 0.1) is 12.7 Å². The fourth-order valence-electron chi connectivity index (χ4n) is 2.55. The fraction of sp³-hybridized carbons (Fsp3) is 0.222. The third-order valence-electron chi connectivity index (χ3n) is 4.05. The molecule has 0 radical (unpaired) electrons. The zero-order valence-electron chi connectivity index (χ0n) is 15.0. The van der Waals surface area contributed by atoms with E-state index in [1.54, 1.807) is 23.1 Å². The largest absolute Gasteiger partial charge is 0.365 e. The van der Waals surface area contributed by atoms with E-state index in [-0.39, 0.29) is 29.7 Å². The van der Waals surface area contributed by atoms with Crippen LogP contribution in [0.3, 0.4) is 0 Å². The summed E-state index contributed by atoms with van der Waals surface area (Å²) in [5.41, 5.74) is 7.52. The van der Waals surface area contributed by atoms with Crippen LogP contribution >= 0.6 is 0 Å². The second-order valence-electron chi connectivity index (χ2n) is 5.92. The van der Waals surface area contributed by atoms with Gasteiger partial charge in [0.1, 0.15) is 11.6 Å². The molecule has 0 saturated heterocycles. The van der Waals surface area contributed by atoms with Crippen LogP contribution in [0.25, 0.3) is 0 Å². The number of hydrogen-bond donors (Lipinski definition) is 3. The Balaban J connectivity index is 1.84. The highest BCUT2D eigenvalue weighted by atomic mass is 19.1. The smallest absolute Gasteiger partial charge is 0.254 e. The number of aryl methyl sites for hydroxylation is 2. The number of halogens is 1. The normalized spacial score (nSPS) is 10.6. The van der Waals surface area contributed by atoms with Gasteiger partial charge in [0.05, 0.1) is 17.4 Å². The maximum atomic E-state index is 14.0. The molecule has 8 nitrogen and oxygen atoms in total. The van der Waals surface area contributed by atoms with Crippen molar-refractivity contribution < 1.29 is 9.18 Å². The van der Waals surface area contributed by atoms with E-state index in [9.17, 15) is 9.18 Å². The molecule has 2 aromatic heterocycles. The highest BCUT2D eigenvalue weighted by molar-refractivity contribution is 5.97. The van der Waals surface area contributed by atoms with Crippen molar-refractivity contribution in [2.75, 3.05) is 10.6 Å². The first kappa shape index (κ1) is 18.3. The summed E-state index contributed by atoms with van der Waals surface area (Å²) in [6.07, 6.45) is 4.78. The van der Waals surface area contributed by atoms with Gasteiger partial charge in [0, 0.05) is 31.0 Å². The molecule has 0 saturated carbocycles. The first-order valence-electron chi connectivity index (χ1n) is 8.42. The van der Waals surface area contributed by atoms with Gasteiger partial charge in [0.2, 0.25) is 5.95 Å². The van der Waals surface area contributed by atoms with Crippen molar-refractivity contribution >= 4 is 23.4 Å². The minimum absolute atomic E-state index is 0.124. The van der Waals surface area contributed by atoms with Crippen LogP contribution in [0.4, 0.5) is 21.8 Å². The van der Waals surface area contributed by atoms with Gasteiger partial charge in [-0.1, -0.05) is 12.1 Å². The number of amides is 1. The lowest BCUT2D eigenvalue weighted by Gasteiger charge is -2.12. The number of carbonyl (C=O) groups excluding carboxylic acids is 1.